The van der Waals surface area contributed by atoms with Gasteiger partial charge in [0.25, 0.3) is 0 Å². The fourth-order valence-corrected chi connectivity index (χ4v) is 2.13. The summed E-state index contributed by atoms with van der Waals surface area (Å²) in [5.74, 6) is 0.564. The molecule has 1 nitrogen and oxygen atoms in total. The molecular weight excluding hydrogens is 172 g/mol. The predicted molar refractivity (Wildman–Crippen MR) is 58.4 cm³/mol. The Labute approximate surface area is 85.4 Å². The van der Waals surface area contributed by atoms with Crippen molar-refractivity contribution in [3.05, 3.63) is 48.6 Å². The quantitative estimate of drug-likeness (QED) is 0.662. The maximum absolute atomic E-state index is 5.69. The number of benzene rings is 1. The summed E-state index contributed by atoms with van der Waals surface area (Å²) in [6.45, 7) is 4.66. The molecule has 0 amide bonds. The average Bonchev–Trinajstić information content (AvgIpc) is 2.68. The molecule has 1 heterocycles. The van der Waals surface area contributed by atoms with Gasteiger partial charge in [-0.3, -0.25) is 0 Å². The molecule has 1 aliphatic rings. The summed E-state index contributed by atoms with van der Waals surface area (Å²) in [7, 11) is 0. The molecular formula is C13H16O. The van der Waals surface area contributed by atoms with Gasteiger partial charge >= 0.3 is 0 Å². The first-order chi connectivity index (χ1) is 6.92. The van der Waals surface area contributed by atoms with Crippen molar-refractivity contribution in [1.29, 1.82) is 0 Å². The summed E-state index contributed by atoms with van der Waals surface area (Å²) >= 11 is 0. The maximum Gasteiger partial charge on any atom is 0.0678 e. The first kappa shape index (κ1) is 9.47. The summed E-state index contributed by atoms with van der Waals surface area (Å²) in [5, 5.41) is 0. The first-order valence-corrected chi connectivity index (χ1v) is 5.19. The third-order valence-electron chi connectivity index (χ3n) is 2.84. The summed E-state index contributed by atoms with van der Waals surface area (Å²) < 4.78 is 5.69. The lowest BCUT2D eigenvalue weighted by atomic mass is 9.91. The van der Waals surface area contributed by atoms with E-state index in [1.165, 1.54) is 5.56 Å². The van der Waals surface area contributed by atoms with E-state index in [1.54, 1.807) is 0 Å². The lowest BCUT2D eigenvalue weighted by Gasteiger charge is -2.16. The Morgan fingerprint density at radius 3 is 2.86 bits per heavy atom. The van der Waals surface area contributed by atoms with E-state index in [-0.39, 0.29) is 0 Å². The van der Waals surface area contributed by atoms with Crippen molar-refractivity contribution < 1.29 is 4.74 Å². The summed E-state index contributed by atoms with van der Waals surface area (Å²) in [6.07, 6.45) is 4.39. The monoisotopic (exact) mass is 188 g/mol. The molecule has 14 heavy (non-hydrogen) atoms. The molecule has 0 bridgehead atoms. The Morgan fingerprint density at radius 1 is 1.36 bits per heavy atom. The molecule has 2 rings (SSSR count). The molecule has 0 aromatic heterocycles. The molecule has 1 aliphatic heterocycles. The molecule has 0 aliphatic carbocycles. The highest BCUT2D eigenvalue weighted by atomic mass is 16.5. The first-order valence-electron chi connectivity index (χ1n) is 5.19. The third kappa shape index (κ3) is 1.88. The molecule has 1 saturated heterocycles. The second kappa shape index (κ2) is 4.43. The Balaban J connectivity index is 2.13. The third-order valence-corrected chi connectivity index (χ3v) is 2.84. The zero-order valence-electron chi connectivity index (χ0n) is 8.36. The van der Waals surface area contributed by atoms with Crippen molar-refractivity contribution in [2.24, 2.45) is 0 Å². The number of ether oxygens (including phenoxy) is 1. The fraction of sp³-hybridized carbons (Fsp3) is 0.385. The van der Waals surface area contributed by atoms with Crippen LogP contribution in [-0.4, -0.2) is 12.7 Å². The van der Waals surface area contributed by atoms with Gasteiger partial charge in [0.2, 0.25) is 0 Å². The van der Waals surface area contributed by atoms with Crippen molar-refractivity contribution in [3.63, 3.8) is 0 Å². The second-order valence-electron chi connectivity index (χ2n) is 3.74. The van der Waals surface area contributed by atoms with E-state index in [2.05, 4.69) is 36.9 Å². The van der Waals surface area contributed by atoms with Crippen LogP contribution in [0.15, 0.2) is 43.0 Å². The van der Waals surface area contributed by atoms with Crippen molar-refractivity contribution in [2.75, 3.05) is 6.61 Å². The van der Waals surface area contributed by atoms with Crippen LogP contribution in [0.25, 0.3) is 0 Å². The van der Waals surface area contributed by atoms with Crippen LogP contribution >= 0.6 is 0 Å². The van der Waals surface area contributed by atoms with Crippen LogP contribution in [0.4, 0.5) is 0 Å². The molecule has 1 aromatic rings. The SMILES string of the molecule is C=CC[C@@H]1OCC[C@H]1c1ccccc1. The highest BCUT2D eigenvalue weighted by molar-refractivity contribution is 5.21. The molecule has 0 spiro atoms. The van der Waals surface area contributed by atoms with Crippen molar-refractivity contribution in [3.8, 4) is 0 Å². The zero-order valence-corrected chi connectivity index (χ0v) is 8.36. The van der Waals surface area contributed by atoms with Gasteiger partial charge in [0.15, 0.2) is 0 Å². The number of hydrogen-bond donors (Lipinski definition) is 0. The second-order valence-corrected chi connectivity index (χ2v) is 3.74. The smallest absolute Gasteiger partial charge is 0.0678 e. The summed E-state index contributed by atoms with van der Waals surface area (Å²) in [6, 6.07) is 10.6. The Hall–Kier alpha value is -1.08. The van der Waals surface area contributed by atoms with E-state index in [9.17, 15) is 0 Å². The Morgan fingerprint density at radius 2 is 2.14 bits per heavy atom. The van der Waals surface area contributed by atoms with Crippen LogP contribution in [-0.2, 0) is 4.74 Å². The van der Waals surface area contributed by atoms with E-state index in [4.69, 9.17) is 4.74 Å². The van der Waals surface area contributed by atoms with Gasteiger partial charge in [0.05, 0.1) is 6.10 Å². The van der Waals surface area contributed by atoms with Crippen LogP contribution < -0.4 is 0 Å². The van der Waals surface area contributed by atoms with Gasteiger partial charge in [0, 0.05) is 12.5 Å². The van der Waals surface area contributed by atoms with Gasteiger partial charge in [-0.15, -0.1) is 6.58 Å². The van der Waals surface area contributed by atoms with Gasteiger partial charge in [-0.2, -0.15) is 0 Å². The fourth-order valence-electron chi connectivity index (χ4n) is 2.13. The van der Waals surface area contributed by atoms with E-state index in [1.807, 2.05) is 6.08 Å². The topological polar surface area (TPSA) is 9.23 Å². The molecule has 2 atom stereocenters. The molecule has 0 saturated carbocycles. The van der Waals surface area contributed by atoms with E-state index in [0.717, 1.165) is 19.4 Å². The van der Waals surface area contributed by atoms with Gasteiger partial charge < -0.3 is 4.74 Å². The Kier molecular flexibility index (Phi) is 3.00. The van der Waals surface area contributed by atoms with Crippen molar-refractivity contribution in [1.82, 2.24) is 0 Å². The highest BCUT2D eigenvalue weighted by Crippen LogP contribution is 2.32. The van der Waals surface area contributed by atoms with Gasteiger partial charge in [-0.25, -0.2) is 0 Å². The van der Waals surface area contributed by atoms with Crippen LogP contribution in [0.1, 0.15) is 24.3 Å². The number of hydrogen-bond acceptors (Lipinski definition) is 1. The van der Waals surface area contributed by atoms with Crippen LogP contribution in [0.3, 0.4) is 0 Å². The maximum atomic E-state index is 5.69. The van der Waals surface area contributed by atoms with Gasteiger partial charge in [0.1, 0.15) is 0 Å². The molecule has 1 heteroatoms. The van der Waals surface area contributed by atoms with Crippen molar-refractivity contribution in [2.45, 2.75) is 24.9 Å². The minimum absolute atomic E-state index is 0.342. The minimum Gasteiger partial charge on any atom is -0.377 e. The zero-order chi connectivity index (χ0) is 9.80. The number of rotatable bonds is 3. The molecule has 1 fully saturated rings. The largest absolute Gasteiger partial charge is 0.377 e. The highest BCUT2D eigenvalue weighted by Gasteiger charge is 2.27. The minimum atomic E-state index is 0.342. The molecule has 74 valence electrons. The lowest BCUT2D eigenvalue weighted by Crippen LogP contribution is -2.12. The standard InChI is InChI=1S/C13H16O/c1-2-6-13-12(9-10-14-13)11-7-4-3-5-8-11/h2-5,7-8,12-13H,1,6,9-10H2/t12-,13-/m0/s1. The molecule has 0 unspecified atom stereocenters. The van der Waals surface area contributed by atoms with Crippen LogP contribution in [0.2, 0.25) is 0 Å². The Bertz CT molecular complexity index is 291. The molecule has 0 N–H and O–H groups in total. The summed E-state index contributed by atoms with van der Waals surface area (Å²) in [4.78, 5) is 0. The predicted octanol–water partition coefficient (Wildman–Crippen LogP) is 3.14. The van der Waals surface area contributed by atoms with E-state index in [0.29, 0.717) is 12.0 Å². The van der Waals surface area contributed by atoms with Crippen molar-refractivity contribution >= 4 is 0 Å². The molecule has 1 aromatic carbocycles. The van der Waals surface area contributed by atoms with E-state index >= 15 is 0 Å². The van der Waals surface area contributed by atoms with Gasteiger partial charge in [-0.05, 0) is 18.4 Å². The lowest BCUT2D eigenvalue weighted by molar-refractivity contribution is 0.106. The van der Waals surface area contributed by atoms with Crippen LogP contribution in [0, 0.1) is 0 Å². The van der Waals surface area contributed by atoms with Gasteiger partial charge in [-0.1, -0.05) is 36.4 Å². The molecule has 0 radical (unpaired) electrons. The summed E-state index contributed by atoms with van der Waals surface area (Å²) in [5.41, 5.74) is 1.40. The average molecular weight is 188 g/mol. The normalized spacial score (nSPS) is 26.3. The van der Waals surface area contributed by atoms with E-state index < -0.39 is 0 Å². The van der Waals surface area contributed by atoms with Crippen LogP contribution in [0.5, 0.6) is 0 Å².